The largest absolute Gasteiger partial charge is 0.417 e. The third-order valence-electron chi connectivity index (χ3n) is 14.9. The minimum absolute atomic E-state index is 0.0545. The molecule has 6 nitrogen and oxygen atoms in total. The minimum Gasteiger partial charge on any atom is -0.393 e. The molecule has 1 saturated heterocycles. The highest BCUT2D eigenvalue weighted by Crippen LogP contribution is 2.77. The van der Waals surface area contributed by atoms with Crippen LogP contribution < -0.4 is 0 Å². The molecule has 6 aliphatic rings. The van der Waals surface area contributed by atoms with Gasteiger partial charge in [0, 0.05) is 13.1 Å². The standard InChI is InChI=1S/C35H55NO5/c1-22(2)23-10-15-35(29(38)41-30(39)36-18-20-40-21-19-36)17-16-33(6)24(28(23)35)8-9-26-32(5)13-12-27(37)31(3,4)25(32)11-14-34(26,33)7/h23-28,37H,1,8-21H2,2-7H3/t23-,24+,25-,26+,27-,28+,32-,33+,34+,35-/m0/s1. The number of ether oxygens (including phenoxy) is 2. The number of fused-ring (bicyclic) bond motifs is 7. The van der Waals surface area contributed by atoms with Gasteiger partial charge in [-0.15, -0.1) is 0 Å². The van der Waals surface area contributed by atoms with Crippen LogP contribution in [0, 0.1) is 56.7 Å². The normalized spacial score (nSPS) is 48.7. The fraction of sp³-hybridized carbons (Fsp3) is 0.886. The SMILES string of the molecule is C=C(C)[C@@H]1CC[C@]2(C(=O)OC(=O)N3CCOCC3)CC[C@]3(C)[C@H](CC[C@@H]4[C@@]5(C)CC[C@H](O)C(C)(C)[C@@H]5CC[C@]43C)[C@@H]12. The molecule has 6 heteroatoms. The zero-order valence-corrected chi connectivity index (χ0v) is 26.6. The van der Waals surface area contributed by atoms with E-state index in [1.54, 1.807) is 4.90 Å². The molecule has 1 heterocycles. The second-order valence-electron chi connectivity index (χ2n) is 16.5. The van der Waals surface area contributed by atoms with Crippen molar-refractivity contribution in [1.82, 2.24) is 4.90 Å². The van der Waals surface area contributed by atoms with E-state index in [4.69, 9.17) is 9.47 Å². The first kappa shape index (κ1) is 29.7. The Balaban J connectivity index is 1.33. The van der Waals surface area contributed by atoms with E-state index >= 15 is 0 Å². The number of carbonyl (C=O) groups excluding carboxylic acids is 2. The van der Waals surface area contributed by atoms with Crippen molar-refractivity contribution in [2.45, 2.75) is 112 Å². The molecular weight excluding hydrogens is 514 g/mol. The lowest BCUT2D eigenvalue weighted by atomic mass is 9.32. The fourth-order valence-corrected chi connectivity index (χ4v) is 12.5. The summed E-state index contributed by atoms with van der Waals surface area (Å²) in [7, 11) is 0. The van der Waals surface area contributed by atoms with Crippen LogP contribution in [-0.2, 0) is 14.3 Å². The van der Waals surface area contributed by atoms with Crippen LogP contribution in [0.25, 0.3) is 0 Å². The first-order valence-electron chi connectivity index (χ1n) is 16.6. The number of allylic oxidation sites excluding steroid dienone is 1. The molecule has 0 radical (unpaired) electrons. The number of hydrogen-bond acceptors (Lipinski definition) is 5. The highest BCUT2D eigenvalue weighted by molar-refractivity contribution is 5.89. The predicted octanol–water partition coefficient (Wildman–Crippen LogP) is 7.00. The van der Waals surface area contributed by atoms with Gasteiger partial charge in [-0.2, -0.15) is 0 Å². The predicted molar refractivity (Wildman–Crippen MR) is 159 cm³/mol. The lowest BCUT2D eigenvalue weighted by Gasteiger charge is -2.72. The summed E-state index contributed by atoms with van der Waals surface area (Å²) in [5.74, 6) is 1.76. The van der Waals surface area contributed by atoms with E-state index < -0.39 is 11.5 Å². The highest BCUT2D eigenvalue weighted by atomic mass is 16.6. The number of aliphatic hydroxyl groups excluding tert-OH is 1. The van der Waals surface area contributed by atoms with E-state index in [9.17, 15) is 14.7 Å². The second kappa shape index (κ2) is 9.81. The first-order chi connectivity index (χ1) is 19.2. The summed E-state index contributed by atoms with van der Waals surface area (Å²) in [5, 5.41) is 11.0. The Morgan fingerprint density at radius 2 is 1.56 bits per heavy atom. The summed E-state index contributed by atoms with van der Waals surface area (Å²) in [6, 6.07) is 0. The summed E-state index contributed by atoms with van der Waals surface area (Å²) >= 11 is 0. The monoisotopic (exact) mass is 569 g/mol. The Labute approximate surface area is 248 Å². The molecule has 1 amide bonds. The van der Waals surface area contributed by atoms with E-state index in [1.165, 1.54) is 24.8 Å². The molecule has 0 unspecified atom stereocenters. The molecule has 0 bridgehead atoms. The van der Waals surface area contributed by atoms with Crippen molar-refractivity contribution in [3.63, 3.8) is 0 Å². The smallest absolute Gasteiger partial charge is 0.393 e. The van der Waals surface area contributed by atoms with Gasteiger partial charge in [-0.3, -0.25) is 4.79 Å². The number of aliphatic hydroxyl groups is 1. The van der Waals surface area contributed by atoms with Crippen LogP contribution in [0.3, 0.4) is 0 Å². The molecule has 6 fully saturated rings. The molecule has 1 N–H and O–H groups in total. The molecule has 0 aromatic heterocycles. The van der Waals surface area contributed by atoms with Crippen LogP contribution in [0.5, 0.6) is 0 Å². The molecular formula is C35H55NO5. The van der Waals surface area contributed by atoms with Crippen molar-refractivity contribution < 1.29 is 24.2 Å². The zero-order chi connectivity index (χ0) is 29.6. The van der Waals surface area contributed by atoms with Crippen molar-refractivity contribution in [2.75, 3.05) is 26.3 Å². The fourth-order valence-electron chi connectivity index (χ4n) is 12.5. The minimum atomic E-state index is -0.600. The lowest BCUT2D eigenvalue weighted by Crippen LogP contribution is -2.67. The Kier molecular flexibility index (Phi) is 7.09. The summed E-state index contributed by atoms with van der Waals surface area (Å²) in [6.07, 6.45) is 9.55. The van der Waals surface area contributed by atoms with Crippen LogP contribution in [0.1, 0.15) is 106 Å². The maximum Gasteiger partial charge on any atom is 0.417 e. The molecule has 41 heavy (non-hydrogen) atoms. The molecule has 6 rings (SSSR count). The van der Waals surface area contributed by atoms with Crippen LogP contribution in [-0.4, -0.2) is 54.5 Å². The Bertz CT molecular complexity index is 1100. The van der Waals surface area contributed by atoms with E-state index in [1.807, 2.05) is 0 Å². The number of amides is 1. The number of morpholine rings is 1. The Morgan fingerprint density at radius 1 is 0.854 bits per heavy atom. The van der Waals surface area contributed by atoms with Gasteiger partial charge in [0.25, 0.3) is 0 Å². The summed E-state index contributed by atoms with van der Waals surface area (Å²) in [5.41, 5.74) is 1.05. The summed E-state index contributed by atoms with van der Waals surface area (Å²) in [6.45, 7) is 20.9. The Morgan fingerprint density at radius 3 is 2.24 bits per heavy atom. The van der Waals surface area contributed by atoms with Gasteiger partial charge in [-0.1, -0.05) is 46.8 Å². The van der Waals surface area contributed by atoms with Gasteiger partial charge in [0.2, 0.25) is 0 Å². The molecule has 5 saturated carbocycles. The molecule has 0 aromatic carbocycles. The molecule has 0 spiro atoms. The summed E-state index contributed by atoms with van der Waals surface area (Å²) in [4.78, 5) is 28.8. The quantitative estimate of drug-likeness (QED) is 0.220. The van der Waals surface area contributed by atoms with Gasteiger partial charge in [0.1, 0.15) is 0 Å². The van der Waals surface area contributed by atoms with E-state index in [0.717, 1.165) is 44.9 Å². The zero-order valence-electron chi connectivity index (χ0n) is 26.6. The number of nitrogens with zero attached hydrogens (tertiary/aromatic N) is 1. The van der Waals surface area contributed by atoms with Gasteiger partial charge in [0.15, 0.2) is 0 Å². The van der Waals surface area contributed by atoms with Crippen molar-refractivity contribution in [1.29, 1.82) is 0 Å². The third kappa shape index (κ3) is 4.01. The van der Waals surface area contributed by atoms with Gasteiger partial charge in [-0.25, -0.2) is 4.79 Å². The molecule has 1 aliphatic heterocycles. The van der Waals surface area contributed by atoms with Crippen LogP contribution in [0.4, 0.5) is 4.79 Å². The molecule has 230 valence electrons. The molecule has 5 aliphatic carbocycles. The van der Waals surface area contributed by atoms with E-state index in [2.05, 4.69) is 48.1 Å². The van der Waals surface area contributed by atoms with Crippen molar-refractivity contribution in [3.05, 3.63) is 12.2 Å². The average molecular weight is 570 g/mol. The van der Waals surface area contributed by atoms with Crippen molar-refractivity contribution >= 4 is 12.1 Å². The lowest BCUT2D eigenvalue weighted by molar-refractivity contribution is -0.248. The van der Waals surface area contributed by atoms with Gasteiger partial charge in [0.05, 0.1) is 24.7 Å². The van der Waals surface area contributed by atoms with Gasteiger partial charge >= 0.3 is 12.1 Å². The van der Waals surface area contributed by atoms with Crippen molar-refractivity contribution in [2.24, 2.45) is 56.7 Å². The maximum absolute atomic E-state index is 14.2. The molecule has 10 atom stereocenters. The Hall–Kier alpha value is -1.40. The number of hydrogen-bond donors (Lipinski definition) is 1. The average Bonchev–Trinajstić information content (AvgIpc) is 3.33. The topological polar surface area (TPSA) is 76.1 Å². The van der Waals surface area contributed by atoms with E-state index in [0.29, 0.717) is 50.0 Å². The first-order valence-corrected chi connectivity index (χ1v) is 16.6. The number of carbonyl (C=O) groups is 2. The third-order valence-corrected chi connectivity index (χ3v) is 14.9. The summed E-state index contributed by atoms with van der Waals surface area (Å²) < 4.78 is 11.2. The maximum atomic E-state index is 14.2. The van der Waals surface area contributed by atoms with E-state index in [-0.39, 0.29) is 39.7 Å². The van der Waals surface area contributed by atoms with Crippen LogP contribution in [0.2, 0.25) is 0 Å². The number of rotatable bonds is 2. The number of esters is 1. The van der Waals surface area contributed by atoms with Gasteiger partial charge < -0.3 is 19.5 Å². The van der Waals surface area contributed by atoms with Crippen molar-refractivity contribution in [3.8, 4) is 0 Å². The highest BCUT2D eigenvalue weighted by Gasteiger charge is 2.72. The van der Waals surface area contributed by atoms with Gasteiger partial charge in [-0.05, 0) is 122 Å². The van der Waals surface area contributed by atoms with Crippen LogP contribution >= 0.6 is 0 Å². The molecule has 0 aromatic rings. The van der Waals surface area contributed by atoms with Crippen LogP contribution in [0.15, 0.2) is 12.2 Å². The second-order valence-corrected chi connectivity index (χ2v) is 16.5.